The summed E-state index contributed by atoms with van der Waals surface area (Å²) < 4.78 is 71.2. The van der Waals surface area contributed by atoms with E-state index in [1.54, 1.807) is 12.1 Å². The van der Waals surface area contributed by atoms with Gasteiger partial charge in [0.15, 0.2) is 23.3 Å². The molecule has 26 heavy (non-hydrogen) atoms. The Morgan fingerprint density at radius 2 is 1.50 bits per heavy atom. The molecule has 0 aliphatic carbocycles. The number of rotatable bonds is 3. The third-order valence-electron chi connectivity index (χ3n) is 3.62. The maximum atomic E-state index is 13.6. The lowest BCUT2D eigenvalue weighted by Crippen LogP contribution is -2.15. The second-order valence-corrected chi connectivity index (χ2v) is 5.22. The third-order valence-corrected chi connectivity index (χ3v) is 3.62. The fraction of sp³-hybridized carbons (Fsp3) is 0.0588. The number of nitrogens with one attached hydrogen (secondary N) is 1. The molecule has 0 saturated heterocycles. The Bertz CT molecular complexity index is 1060. The lowest BCUT2D eigenvalue weighted by Gasteiger charge is -2.10. The molecule has 0 fully saturated rings. The highest BCUT2D eigenvalue weighted by Gasteiger charge is 2.26. The Morgan fingerprint density at radius 3 is 2.15 bits per heavy atom. The van der Waals surface area contributed by atoms with Gasteiger partial charge in [-0.05, 0) is 6.07 Å². The molecule has 0 unspecified atom stereocenters. The van der Waals surface area contributed by atoms with E-state index in [0.29, 0.717) is 5.52 Å². The molecular weight excluding hydrogens is 361 g/mol. The lowest BCUT2D eigenvalue weighted by molar-refractivity contribution is 0.0464. The first-order valence-corrected chi connectivity index (χ1v) is 7.10. The minimum atomic E-state index is -2.31. The Labute approximate surface area is 141 Å². The largest absolute Gasteiger partial charge is 0.457 e. The van der Waals surface area contributed by atoms with E-state index in [2.05, 4.69) is 9.72 Å². The summed E-state index contributed by atoms with van der Waals surface area (Å²) in [5.41, 5.74) is -1.83. The van der Waals surface area contributed by atoms with Crippen LogP contribution in [0.5, 0.6) is 0 Å². The first kappa shape index (κ1) is 17.6. The number of aromatic nitrogens is 1. The van der Waals surface area contributed by atoms with Crippen molar-refractivity contribution in [2.24, 2.45) is 0 Å². The van der Waals surface area contributed by atoms with Crippen molar-refractivity contribution in [3.05, 3.63) is 80.9 Å². The third kappa shape index (κ3) is 2.92. The van der Waals surface area contributed by atoms with Gasteiger partial charge in [-0.25, -0.2) is 26.7 Å². The van der Waals surface area contributed by atoms with Gasteiger partial charge in [-0.1, -0.05) is 18.2 Å². The first-order valence-electron chi connectivity index (χ1n) is 7.10. The summed E-state index contributed by atoms with van der Waals surface area (Å²) in [6, 6.07) is 7.07. The molecular formula is C17H8F5NO3. The van der Waals surface area contributed by atoms with Gasteiger partial charge in [0.05, 0.1) is 11.1 Å². The highest BCUT2D eigenvalue weighted by atomic mass is 19.2. The molecule has 0 amide bonds. The van der Waals surface area contributed by atoms with Crippen LogP contribution in [0.25, 0.3) is 10.9 Å². The van der Waals surface area contributed by atoms with Gasteiger partial charge in [0.25, 0.3) is 0 Å². The van der Waals surface area contributed by atoms with Gasteiger partial charge >= 0.3 is 5.97 Å². The molecule has 4 nitrogen and oxygen atoms in total. The van der Waals surface area contributed by atoms with E-state index in [-0.39, 0.29) is 10.9 Å². The van der Waals surface area contributed by atoms with Gasteiger partial charge in [0.2, 0.25) is 11.4 Å². The number of hydrogen-bond acceptors (Lipinski definition) is 3. The van der Waals surface area contributed by atoms with Crippen LogP contribution in [0.3, 0.4) is 0 Å². The van der Waals surface area contributed by atoms with E-state index in [4.69, 9.17) is 0 Å². The zero-order chi connectivity index (χ0) is 19.0. The van der Waals surface area contributed by atoms with E-state index in [9.17, 15) is 31.5 Å². The highest BCUT2D eigenvalue weighted by molar-refractivity contribution is 6.03. The van der Waals surface area contributed by atoms with Gasteiger partial charge in [0, 0.05) is 17.0 Å². The fourth-order valence-electron chi connectivity index (χ4n) is 2.37. The van der Waals surface area contributed by atoms with Gasteiger partial charge in [0.1, 0.15) is 6.61 Å². The number of hydrogen-bond donors (Lipinski definition) is 1. The van der Waals surface area contributed by atoms with Crippen molar-refractivity contribution in [1.82, 2.24) is 4.98 Å². The molecule has 1 N–H and O–H groups in total. The molecule has 3 aromatic rings. The summed E-state index contributed by atoms with van der Waals surface area (Å²) >= 11 is 0. The zero-order valence-corrected chi connectivity index (χ0v) is 12.7. The van der Waals surface area contributed by atoms with E-state index in [0.717, 1.165) is 6.07 Å². The van der Waals surface area contributed by atoms with Crippen molar-refractivity contribution in [3.8, 4) is 0 Å². The number of halogens is 5. The van der Waals surface area contributed by atoms with Crippen molar-refractivity contribution < 1.29 is 31.5 Å². The molecule has 9 heteroatoms. The average molecular weight is 369 g/mol. The van der Waals surface area contributed by atoms with Crippen molar-refractivity contribution in [2.75, 3.05) is 0 Å². The van der Waals surface area contributed by atoms with Crippen LogP contribution in [0.1, 0.15) is 15.9 Å². The number of aromatic amines is 1. The fourth-order valence-corrected chi connectivity index (χ4v) is 2.37. The minimum absolute atomic E-state index is 0.215. The average Bonchev–Trinajstić information content (AvgIpc) is 2.63. The smallest absolute Gasteiger partial charge is 0.339 e. The maximum Gasteiger partial charge on any atom is 0.339 e. The van der Waals surface area contributed by atoms with Crippen LogP contribution in [0.2, 0.25) is 0 Å². The second-order valence-electron chi connectivity index (χ2n) is 5.22. The van der Waals surface area contributed by atoms with Crippen LogP contribution in [-0.2, 0) is 11.3 Å². The molecule has 2 aromatic carbocycles. The summed E-state index contributed by atoms with van der Waals surface area (Å²) in [7, 11) is 0. The molecule has 0 atom stereocenters. The number of pyridine rings is 1. The predicted octanol–water partition coefficient (Wildman–Crippen LogP) is 3.58. The Hall–Kier alpha value is -3.23. The van der Waals surface area contributed by atoms with Crippen molar-refractivity contribution >= 4 is 16.9 Å². The van der Waals surface area contributed by atoms with Gasteiger partial charge < -0.3 is 9.72 Å². The van der Waals surface area contributed by atoms with Crippen LogP contribution in [-0.4, -0.2) is 11.0 Å². The van der Waals surface area contributed by atoms with E-state index in [1.807, 2.05) is 0 Å². The Morgan fingerprint density at radius 1 is 0.923 bits per heavy atom. The second kappa shape index (κ2) is 6.58. The number of fused-ring (bicyclic) bond motifs is 1. The number of H-pyrrole nitrogens is 1. The molecule has 0 aliphatic rings. The monoisotopic (exact) mass is 369 g/mol. The molecule has 1 aromatic heterocycles. The summed E-state index contributed by atoms with van der Waals surface area (Å²) in [5.74, 6) is -11.9. The minimum Gasteiger partial charge on any atom is -0.457 e. The standard InChI is InChI=1S/C17H8F5NO3/c18-12-9(13(19)15(21)16(22)14(12)20)6-26-17(25)8-5-11(24)23-10-4-2-1-3-7(8)10/h1-5H,6H2,(H,23,24). The molecule has 0 spiro atoms. The quantitative estimate of drug-likeness (QED) is 0.332. The van der Waals surface area contributed by atoms with Crippen LogP contribution in [0, 0.1) is 29.1 Å². The normalized spacial score (nSPS) is 11.0. The van der Waals surface area contributed by atoms with Crippen LogP contribution >= 0.6 is 0 Å². The number of ether oxygens (including phenoxy) is 1. The summed E-state index contributed by atoms with van der Waals surface area (Å²) in [6.07, 6.45) is 0. The topological polar surface area (TPSA) is 59.2 Å². The van der Waals surface area contributed by atoms with E-state index >= 15 is 0 Å². The lowest BCUT2D eigenvalue weighted by atomic mass is 10.1. The molecule has 0 saturated carbocycles. The van der Waals surface area contributed by atoms with E-state index in [1.165, 1.54) is 12.1 Å². The number of esters is 1. The number of para-hydroxylation sites is 1. The van der Waals surface area contributed by atoms with Crippen molar-refractivity contribution in [2.45, 2.75) is 6.61 Å². The summed E-state index contributed by atoms with van der Waals surface area (Å²) in [5, 5.41) is 0.287. The number of benzene rings is 2. The molecule has 3 rings (SSSR count). The molecule has 1 heterocycles. The van der Waals surface area contributed by atoms with Crippen LogP contribution in [0.15, 0.2) is 35.1 Å². The Balaban J connectivity index is 1.95. The maximum absolute atomic E-state index is 13.6. The molecule has 134 valence electrons. The molecule has 0 bridgehead atoms. The van der Waals surface area contributed by atoms with Gasteiger partial charge in [-0.3, -0.25) is 4.79 Å². The van der Waals surface area contributed by atoms with Gasteiger partial charge in [-0.2, -0.15) is 0 Å². The SMILES string of the molecule is O=C(OCc1c(F)c(F)c(F)c(F)c1F)c1cc(=O)[nH]c2ccccc12. The molecule has 0 radical (unpaired) electrons. The van der Waals surface area contributed by atoms with Gasteiger partial charge in [-0.15, -0.1) is 0 Å². The van der Waals surface area contributed by atoms with E-state index < -0.39 is 52.8 Å². The number of carbonyl (C=O) groups is 1. The summed E-state index contributed by atoms with van der Waals surface area (Å²) in [6.45, 7) is -1.20. The number of carbonyl (C=O) groups excluding carboxylic acids is 1. The summed E-state index contributed by atoms with van der Waals surface area (Å²) in [4.78, 5) is 26.2. The van der Waals surface area contributed by atoms with Crippen LogP contribution < -0.4 is 5.56 Å². The van der Waals surface area contributed by atoms with Crippen LogP contribution in [0.4, 0.5) is 22.0 Å². The van der Waals surface area contributed by atoms with Crippen molar-refractivity contribution in [3.63, 3.8) is 0 Å². The molecule has 0 aliphatic heterocycles. The first-order chi connectivity index (χ1) is 12.3. The highest BCUT2D eigenvalue weighted by Crippen LogP contribution is 2.24. The zero-order valence-electron chi connectivity index (χ0n) is 12.7. The van der Waals surface area contributed by atoms with Crippen molar-refractivity contribution in [1.29, 1.82) is 0 Å². The predicted molar refractivity (Wildman–Crippen MR) is 79.9 cm³/mol. The Kier molecular flexibility index (Phi) is 4.45.